The molecular formula is C13H17N3O3. The van der Waals surface area contributed by atoms with E-state index in [1.165, 1.54) is 0 Å². The zero-order valence-corrected chi connectivity index (χ0v) is 11.0. The highest BCUT2D eigenvalue weighted by molar-refractivity contribution is 5.86. The maximum atomic E-state index is 10.9. The number of carboxylic acids is 1. The van der Waals surface area contributed by atoms with Crippen LogP contribution in [-0.4, -0.2) is 26.7 Å². The maximum absolute atomic E-state index is 10.9. The highest BCUT2D eigenvalue weighted by atomic mass is 16.4. The number of furan rings is 1. The first kappa shape index (κ1) is 13.4. The second-order valence-corrected chi connectivity index (χ2v) is 4.57. The van der Waals surface area contributed by atoms with Gasteiger partial charge in [0.1, 0.15) is 5.76 Å². The van der Waals surface area contributed by atoms with Crippen LogP contribution in [0, 0.1) is 6.92 Å². The van der Waals surface area contributed by atoms with Crippen LogP contribution < -0.4 is 5.32 Å². The second kappa shape index (κ2) is 5.71. The molecule has 0 radical (unpaired) electrons. The summed E-state index contributed by atoms with van der Waals surface area (Å²) in [6.45, 7) is 5.08. The first-order valence-corrected chi connectivity index (χ1v) is 6.08. The van der Waals surface area contributed by atoms with Gasteiger partial charge in [-0.25, -0.2) is 9.78 Å². The lowest BCUT2D eigenvalue weighted by molar-refractivity contribution is 0.0659. The van der Waals surface area contributed by atoms with Gasteiger partial charge in [0, 0.05) is 30.5 Å². The van der Waals surface area contributed by atoms with Crippen molar-refractivity contribution in [2.24, 2.45) is 0 Å². The molecule has 2 aromatic rings. The third kappa shape index (κ3) is 3.45. The molecular weight excluding hydrogens is 246 g/mol. The molecule has 0 saturated carbocycles. The summed E-state index contributed by atoms with van der Waals surface area (Å²) in [5, 5.41) is 12.2. The number of imidazole rings is 1. The standard InChI is InChI=1S/C13H17N3O3/c1-9-5-11(19-12(9)13(17)18)6-15-10(2)7-16-4-3-14-8-16/h3-5,8,10,15H,6-7H2,1-2H3,(H,17,18). The lowest BCUT2D eigenvalue weighted by Crippen LogP contribution is -2.29. The second-order valence-electron chi connectivity index (χ2n) is 4.57. The van der Waals surface area contributed by atoms with Crippen molar-refractivity contribution in [2.45, 2.75) is 33.0 Å². The average Bonchev–Trinajstić information content (AvgIpc) is 2.96. The Kier molecular flexibility index (Phi) is 4.01. The summed E-state index contributed by atoms with van der Waals surface area (Å²) < 4.78 is 7.26. The number of carboxylic acid groups (broad SMARTS) is 1. The molecule has 2 heterocycles. The molecule has 1 unspecified atom stereocenters. The molecule has 2 rings (SSSR count). The quantitative estimate of drug-likeness (QED) is 0.828. The highest BCUT2D eigenvalue weighted by Crippen LogP contribution is 2.14. The third-order valence-corrected chi connectivity index (χ3v) is 2.83. The average molecular weight is 263 g/mol. The first-order chi connectivity index (χ1) is 9.06. The van der Waals surface area contributed by atoms with E-state index in [1.807, 2.05) is 17.7 Å². The van der Waals surface area contributed by atoms with E-state index in [2.05, 4.69) is 10.3 Å². The van der Waals surface area contributed by atoms with Gasteiger partial charge >= 0.3 is 5.97 Å². The van der Waals surface area contributed by atoms with E-state index in [-0.39, 0.29) is 11.8 Å². The largest absolute Gasteiger partial charge is 0.475 e. The molecule has 1 atom stereocenters. The van der Waals surface area contributed by atoms with E-state index in [0.29, 0.717) is 17.9 Å². The van der Waals surface area contributed by atoms with E-state index < -0.39 is 5.97 Å². The number of aromatic nitrogens is 2. The number of nitrogens with zero attached hydrogens (tertiary/aromatic N) is 2. The Labute approximate surface area is 111 Å². The fraction of sp³-hybridized carbons (Fsp3) is 0.385. The Bertz CT molecular complexity index is 545. The number of aromatic carboxylic acids is 1. The summed E-state index contributed by atoms with van der Waals surface area (Å²) in [6.07, 6.45) is 5.40. The van der Waals surface area contributed by atoms with Crippen molar-refractivity contribution in [3.05, 3.63) is 41.9 Å². The van der Waals surface area contributed by atoms with Crippen molar-refractivity contribution < 1.29 is 14.3 Å². The van der Waals surface area contributed by atoms with Crippen LogP contribution >= 0.6 is 0 Å². The Morgan fingerprint density at radius 2 is 2.42 bits per heavy atom. The molecule has 0 spiro atoms. The Balaban J connectivity index is 1.88. The van der Waals surface area contributed by atoms with Crippen molar-refractivity contribution in [3.8, 4) is 0 Å². The number of carbonyl (C=O) groups is 1. The van der Waals surface area contributed by atoms with Crippen LogP contribution in [0.1, 0.15) is 28.8 Å². The van der Waals surface area contributed by atoms with Gasteiger partial charge in [0.15, 0.2) is 0 Å². The fourth-order valence-electron chi connectivity index (χ4n) is 1.90. The Hall–Kier alpha value is -2.08. The molecule has 6 heteroatoms. The minimum atomic E-state index is -1.03. The third-order valence-electron chi connectivity index (χ3n) is 2.83. The van der Waals surface area contributed by atoms with Gasteiger partial charge in [0.2, 0.25) is 5.76 Å². The molecule has 2 N–H and O–H groups in total. The fourth-order valence-corrected chi connectivity index (χ4v) is 1.90. The van der Waals surface area contributed by atoms with Crippen molar-refractivity contribution in [1.82, 2.24) is 14.9 Å². The van der Waals surface area contributed by atoms with Gasteiger partial charge < -0.3 is 19.4 Å². The smallest absolute Gasteiger partial charge is 0.372 e. The van der Waals surface area contributed by atoms with Crippen LogP contribution in [-0.2, 0) is 13.1 Å². The molecule has 0 aliphatic carbocycles. The molecule has 2 aromatic heterocycles. The number of nitrogens with one attached hydrogen (secondary N) is 1. The van der Waals surface area contributed by atoms with Crippen molar-refractivity contribution in [1.29, 1.82) is 0 Å². The zero-order valence-electron chi connectivity index (χ0n) is 11.0. The topological polar surface area (TPSA) is 80.3 Å². The van der Waals surface area contributed by atoms with Crippen LogP contribution in [0.3, 0.4) is 0 Å². The number of hydrogen-bond donors (Lipinski definition) is 2. The molecule has 0 amide bonds. The van der Waals surface area contributed by atoms with E-state index >= 15 is 0 Å². The summed E-state index contributed by atoms with van der Waals surface area (Å²) in [5.41, 5.74) is 0.645. The minimum absolute atomic E-state index is 0.0130. The molecule has 0 bridgehead atoms. The minimum Gasteiger partial charge on any atom is -0.475 e. The Morgan fingerprint density at radius 1 is 1.63 bits per heavy atom. The van der Waals surface area contributed by atoms with Crippen molar-refractivity contribution >= 4 is 5.97 Å². The van der Waals surface area contributed by atoms with Crippen LogP contribution in [0.25, 0.3) is 0 Å². The van der Waals surface area contributed by atoms with Gasteiger partial charge in [-0.1, -0.05) is 0 Å². The van der Waals surface area contributed by atoms with Crippen LogP contribution in [0.2, 0.25) is 0 Å². The molecule has 0 saturated heterocycles. The monoisotopic (exact) mass is 263 g/mol. The normalized spacial score (nSPS) is 12.5. The number of aryl methyl sites for hydroxylation is 1. The van der Waals surface area contributed by atoms with Gasteiger partial charge in [-0.2, -0.15) is 0 Å². The van der Waals surface area contributed by atoms with Gasteiger partial charge in [-0.15, -0.1) is 0 Å². The van der Waals surface area contributed by atoms with Gasteiger partial charge in [-0.05, 0) is 19.9 Å². The van der Waals surface area contributed by atoms with E-state index in [9.17, 15) is 4.79 Å². The predicted molar refractivity (Wildman–Crippen MR) is 68.9 cm³/mol. The Morgan fingerprint density at radius 3 is 3.00 bits per heavy atom. The summed E-state index contributed by atoms with van der Waals surface area (Å²) in [7, 11) is 0. The molecule has 6 nitrogen and oxygen atoms in total. The summed E-state index contributed by atoms with van der Waals surface area (Å²) >= 11 is 0. The summed E-state index contributed by atoms with van der Waals surface area (Å²) in [4.78, 5) is 14.8. The lowest BCUT2D eigenvalue weighted by atomic mass is 10.2. The van der Waals surface area contributed by atoms with Crippen LogP contribution in [0.15, 0.2) is 29.2 Å². The number of hydrogen-bond acceptors (Lipinski definition) is 4. The van der Waals surface area contributed by atoms with Crippen molar-refractivity contribution in [2.75, 3.05) is 0 Å². The molecule has 0 fully saturated rings. The molecule has 0 aromatic carbocycles. The van der Waals surface area contributed by atoms with Gasteiger partial charge in [0.25, 0.3) is 0 Å². The van der Waals surface area contributed by atoms with E-state index in [4.69, 9.17) is 9.52 Å². The first-order valence-electron chi connectivity index (χ1n) is 6.08. The molecule has 102 valence electrons. The van der Waals surface area contributed by atoms with Crippen LogP contribution in [0.4, 0.5) is 0 Å². The van der Waals surface area contributed by atoms with Crippen LogP contribution in [0.5, 0.6) is 0 Å². The molecule has 19 heavy (non-hydrogen) atoms. The van der Waals surface area contributed by atoms with E-state index in [0.717, 1.165) is 6.54 Å². The molecule has 0 aliphatic rings. The number of rotatable bonds is 6. The highest BCUT2D eigenvalue weighted by Gasteiger charge is 2.14. The summed E-state index contributed by atoms with van der Waals surface area (Å²) in [5.74, 6) is -0.387. The predicted octanol–water partition coefficient (Wildman–Crippen LogP) is 1.66. The van der Waals surface area contributed by atoms with Gasteiger partial charge in [0.05, 0.1) is 12.9 Å². The lowest BCUT2D eigenvalue weighted by Gasteiger charge is -2.13. The molecule has 0 aliphatic heterocycles. The summed E-state index contributed by atoms with van der Waals surface area (Å²) in [6, 6.07) is 1.98. The van der Waals surface area contributed by atoms with E-state index in [1.54, 1.807) is 25.5 Å². The zero-order chi connectivity index (χ0) is 13.8. The van der Waals surface area contributed by atoms with Crippen molar-refractivity contribution in [3.63, 3.8) is 0 Å². The SMILES string of the molecule is Cc1cc(CNC(C)Cn2ccnc2)oc1C(=O)O. The van der Waals surface area contributed by atoms with Gasteiger partial charge in [-0.3, -0.25) is 0 Å². The maximum Gasteiger partial charge on any atom is 0.372 e.